The molecule has 0 saturated carbocycles. The fraction of sp³-hybridized carbons (Fsp3) is 1.00. The van der Waals surface area contributed by atoms with Crippen molar-refractivity contribution in [1.29, 1.82) is 0 Å². The molecule has 49 heavy (non-hydrogen) atoms. The van der Waals surface area contributed by atoms with Gasteiger partial charge in [0.25, 0.3) is 0 Å². The van der Waals surface area contributed by atoms with Crippen LogP contribution < -0.4 is 0 Å². The van der Waals surface area contributed by atoms with E-state index >= 15 is 0 Å². The van der Waals surface area contributed by atoms with E-state index in [-0.39, 0.29) is 0 Å². The lowest BCUT2D eigenvalue weighted by Crippen LogP contribution is -2.00. The lowest BCUT2D eigenvalue weighted by molar-refractivity contribution is 0.153. The van der Waals surface area contributed by atoms with Gasteiger partial charge in [0.05, 0.1) is 19.8 Å². The summed E-state index contributed by atoms with van der Waals surface area (Å²) in [6, 6.07) is 0. The molecule has 0 amide bonds. The van der Waals surface area contributed by atoms with E-state index in [9.17, 15) is 0 Å². The zero-order valence-corrected chi connectivity index (χ0v) is 35.3. The fourth-order valence-electron chi connectivity index (χ4n) is 6.89. The number of hydrogen-bond donors (Lipinski definition) is 0. The number of hydrogen-bond acceptors (Lipinski definition) is 3. The Morgan fingerprint density at radius 1 is 0.204 bits per heavy atom. The molecule has 296 valence electrons. The highest BCUT2D eigenvalue weighted by molar-refractivity contribution is 7.41. The summed E-state index contributed by atoms with van der Waals surface area (Å²) in [7, 11) is -1.18. The third-order valence-electron chi connectivity index (χ3n) is 10.3. The second-order valence-electron chi connectivity index (χ2n) is 15.5. The lowest BCUT2D eigenvalue weighted by Gasteiger charge is -2.17. The van der Waals surface area contributed by atoms with Crippen LogP contribution in [0.3, 0.4) is 0 Å². The van der Waals surface area contributed by atoms with Crippen molar-refractivity contribution >= 4 is 8.60 Å². The van der Waals surface area contributed by atoms with Crippen molar-refractivity contribution in [3.63, 3.8) is 0 Å². The molecule has 0 radical (unpaired) electrons. The van der Waals surface area contributed by atoms with Crippen molar-refractivity contribution in [3.05, 3.63) is 0 Å². The van der Waals surface area contributed by atoms with Crippen molar-refractivity contribution in [2.75, 3.05) is 19.8 Å². The van der Waals surface area contributed by atoms with Gasteiger partial charge in [-0.15, -0.1) is 0 Å². The fourth-order valence-corrected chi connectivity index (χ4v) is 7.95. The van der Waals surface area contributed by atoms with E-state index < -0.39 is 8.60 Å². The maximum absolute atomic E-state index is 6.19. The third-order valence-corrected chi connectivity index (χ3v) is 11.5. The molecule has 4 heteroatoms. The third kappa shape index (κ3) is 44.4. The Morgan fingerprint density at radius 3 is 0.510 bits per heavy atom. The molecular weight excluding hydrogens is 619 g/mol. The first-order valence-electron chi connectivity index (χ1n) is 23.0. The Morgan fingerprint density at radius 2 is 0.347 bits per heavy atom. The molecule has 0 N–H and O–H groups in total. The van der Waals surface area contributed by atoms with E-state index in [0.717, 1.165) is 39.1 Å². The van der Waals surface area contributed by atoms with Gasteiger partial charge in [-0.05, 0) is 19.3 Å². The van der Waals surface area contributed by atoms with Gasteiger partial charge in [0.15, 0.2) is 0 Å². The smallest absolute Gasteiger partial charge is 0.312 e. The van der Waals surface area contributed by atoms with Gasteiger partial charge in [-0.2, -0.15) is 0 Å². The molecule has 0 saturated heterocycles. The van der Waals surface area contributed by atoms with Crippen LogP contribution in [0.4, 0.5) is 0 Å². The van der Waals surface area contributed by atoms with Gasteiger partial charge < -0.3 is 13.6 Å². The largest absolute Gasteiger partial charge is 0.332 e. The van der Waals surface area contributed by atoms with E-state index in [0.29, 0.717) is 0 Å². The molecule has 3 nitrogen and oxygen atoms in total. The van der Waals surface area contributed by atoms with Gasteiger partial charge in [-0.25, -0.2) is 0 Å². The van der Waals surface area contributed by atoms with Crippen molar-refractivity contribution in [3.8, 4) is 0 Å². The molecule has 0 aliphatic carbocycles. The number of rotatable bonds is 45. The highest BCUT2D eigenvalue weighted by atomic mass is 31.2. The molecule has 0 atom stereocenters. The summed E-state index contributed by atoms with van der Waals surface area (Å²) in [5.41, 5.74) is 0. The Hall–Kier alpha value is 0.310. The summed E-state index contributed by atoms with van der Waals surface area (Å²) < 4.78 is 18.6. The lowest BCUT2D eigenvalue weighted by atomic mass is 10.0. The van der Waals surface area contributed by atoms with Gasteiger partial charge in [-0.3, -0.25) is 0 Å². The van der Waals surface area contributed by atoms with Crippen LogP contribution in [-0.2, 0) is 13.6 Å². The van der Waals surface area contributed by atoms with Crippen LogP contribution in [0.1, 0.15) is 271 Å². The van der Waals surface area contributed by atoms with E-state index in [1.807, 2.05) is 0 Å². The van der Waals surface area contributed by atoms with E-state index in [4.69, 9.17) is 13.6 Å². The highest BCUT2D eigenvalue weighted by Crippen LogP contribution is 2.40. The van der Waals surface area contributed by atoms with Crippen LogP contribution in [0.15, 0.2) is 0 Å². The maximum atomic E-state index is 6.19. The van der Waals surface area contributed by atoms with Crippen molar-refractivity contribution in [1.82, 2.24) is 0 Å². The molecule has 0 unspecified atom stereocenters. The predicted molar refractivity (Wildman–Crippen MR) is 222 cm³/mol. The summed E-state index contributed by atoms with van der Waals surface area (Å²) in [6.07, 6.45) is 53.9. The van der Waals surface area contributed by atoms with Crippen molar-refractivity contribution in [2.24, 2.45) is 0 Å². The average Bonchev–Trinajstić information content (AvgIpc) is 3.11. The Balaban J connectivity index is 3.93. The Bertz CT molecular complexity index is 483. The molecule has 0 fully saturated rings. The minimum atomic E-state index is -1.18. The second-order valence-corrected chi connectivity index (χ2v) is 16.7. The molecule has 0 aromatic heterocycles. The molecule has 0 bridgehead atoms. The predicted octanol–water partition coefficient (Wildman–Crippen LogP) is 17.5. The first-order valence-corrected chi connectivity index (χ1v) is 24.1. The average molecular weight is 713 g/mol. The molecule has 0 heterocycles. The molecule has 0 aliphatic rings. The van der Waals surface area contributed by atoms with Crippen LogP contribution in [0.2, 0.25) is 0 Å². The van der Waals surface area contributed by atoms with Crippen molar-refractivity contribution < 1.29 is 13.6 Å². The topological polar surface area (TPSA) is 27.7 Å². The Labute approximate surface area is 312 Å². The number of unbranched alkanes of at least 4 members (excludes halogenated alkanes) is 36. The quantitative estimate of drug-likeness (QED) is 0.0465. The second kappa shape index (κ2) is 46.3. The summed E-state index contributed by atoms with van der Waals surface area (Å²) >= 11 is 0. The molecule has 0 aromatic rings. The van der Waals surface area contributed by atoms with Gasteiger partial charge in [0.2, 0.25) is 0 Å². The summed E-state index contributed by atoms with van der Waals surface area (Å²) in [4.78, 5) is 0. The normalized spacial score (nSPS) is 11.8. The summed E-state index contributed by atoms with van der Waals surface area (Å²) in [5.74, 6) is 0. The van der Waals surface area contributed by atoms with Crippen LogP contribution in [0.5, 0.6) is 0 Å². The molecule has 0 rings (SSSR count). The van der Waals surface area contributed by atoms with E-state index in [2.05, 4.69) is 20.8 Å². The zero-order valence-electron chi connectivity index (χ0n) is 34.4. The van der Waals surface area contributed by atoms with Crippen LogP contribution in [-0.4, -0.2) is 19.8 Å². The monoisotopic (exact) mass is 713 g/mol. The zero-order chi connectivity index (χ0) is 35.4. The van der Waals surface area contributed by atoms with Crippen molar-refractivity contribution in [2.45, 2.75) is 271 Å². The minimum absolute atomic E-state index is 0.792. The molecule has 0 spiro atoms. The first-order chi connectivity index (χ1) is 24.3. The van der Waals surface area contributed by atoms with Gasteiger partial charge >= 0.3 is 8.60 Å². The SMILES string of the molecule is CCCCCCCCCCCCCCCOP(OCCCCCCCCCCCCCCC)OCCCCCCCCCCCCCCC. The van der Waals surface area contributed by atoms with E-state index in [1.165, 1.54) is 231 Å². The standard InChI is InChI=1S/C45H93O3P/c1-4-7-10-13-16-19-22-25-28-31-34-37-40-43-46-49(47-44-41-38-35-32-29-26-23-20-17-14-11-8-5-2)48-45-42-39-36-33-30-27-24-21-18-15-12-9-6-3/h4-45H2,1-3H3. The maximum Gasteiger partial charge on any atom is 0.332 e. The summed E-state index contributed by atoms with van der Waals surface area (Å²) in [5, 5.41) is 0. The molecule has 0 aromatic carbocycles. The van der Waals surface area contributed by atoms with Gasteiger partial charge in [0.1, 0.15) is 0 Å². The molecule has 0 aliphatic heterocycles. The van der Waals surface area contributed by atoms with Crippen LogP contribution in [0.25, 0.3) is 0 Å². The highest BCUT2D eigenvalue weighted by Gasteiger charge is 2.12. The van der Waals surface area contributed by atoms with E-state index in [1.54, 1.807) is 0 Å². The first kappa shape index (κ1) is 49.3. The van der Waals surface area contributed by atoms with Crippen LogP contribution in [0, 0.1) is 0 Å². The van der Waals surface area contributed by atoms with Gasteiger partial charge in [0, 0.05) is 0 Å². The Kier molecular flexibility index (Phi) is 46.6. The summed E-state index contributed by atoms with van der Waals surface area (Å²) in [6.45, 7) is 9.28. The molecular formula is C45H93O3P. The van der Waals surface area contributed by atoms with Crippen LogP contribution >= 0.6 is 8.60 Å². The minimum Gasteiger partial charge on any atom is -0.312 e. The van der Waals surface area contributed by atoms with Gasteiger partial charge in [-0.1, -0.05) is 252 Å².